The molecular weight excluding hydrogens is 438 g/mol. The summed E-state index contributed by atoms with van der Waals surface area (Å²) in [5.41, 5.74) is 1.53. The van der Waals surface area contributed by atoms with Crippen molar-refractivity contribution < 1.29 is 9.53 Å². The van der Waals surface area contributed by atoms with Gasteiger partial charge in [0.05, 0.1) is 6.54 Å². The number of carbonyl (C=O) groups excluding carboxylic acids is 1. The maximum absolute atomic E-state index is 12.8. The summed E-state index contributed by atoms with van der Waals surface area (Å²) in [6, 6.07) is 24.9. The van der Waals surface area contributed by atoms with Crippen molar-refractivity contribution >= 4 is 34.1 Å². The lowest BCUT2D eigenvalue weighted by Crippen LogP contribution is -2.20. The molecule has 5 rings (SSSR count). The summed E-state index contributed by atoms with van der Waals surface area (Å²) >= 11 is 5.89. The van der Waals surface area contributed by atoms with Crippen LogP contribution in [-0.2, 0) is 13.3 Å². The second-order valence-corrected chi connectivity index (χ2v) is 7.87. The Morgan fingerprint density at radius 1 is 0.970 bits per heavy atom. The molecule has 164 valence electrons. The molecule has 7 nitrogen and oxygen atoms in total. The highest BCUT2D eigenvalue weighted by atomic mass is 35.5. The van der Waals surface area contributed by atoms with Gasteiger partial charge in [-0.25, -0.2) is 4.68 Å². The molecule has 5 aromatic rings. The fraction of sp³-hybridized carbons (Fsp3) is 0.0800. The predicted molar refractivity (Wildman–Crippen MR) is 128 cm³/mol. The number of anilines is 1. The van der Waals surface area contributed by atoms with E-state index < -0.39 is 0 Å². The van der Waals surface area contributed by atoms with E-state index >= 15 is 0 Å². The van der Waals surface area contributed by atoms with Crippen LogP contribution in [0.1, 0.15) is 16.1 Å². The molecule has 0 aliphatic heterocycles. The maximum Gasteiger partial charge on any atom is 0.275 e. The third kappa shape index (κ3) is 4.73. The molecule has 33 heavy (non-hydrogen) atoms. The van der Waals surface area contributed by atoms with Crippen LogP contribution in [-0.4, -0.2) is 25.5 Å². The molecule has 2 aromatic heterocycles. The molecule has 0 spiro atoms. The van der Waals surface area contributed by atoms with Gasteiger partial charge in [-0.3, -0.25) is 9.48 Å². The summed E-state index contributed by atoms with van der Waals surface area (Å²) < 4.78 is 8.98. The molecule has 8 heteroatoms. The smallest absolute Gasteiger partial charge is 0.275 e. The van der Waals surface area contributed by atoms with E-state index in [1.165, 1.54) is 15.5 Å². The lowest BCUT2D eigenvalue weighted by atomic mass is 10.0. The lowest BCUT2D eigenvalue weighted by molar-refractivity contribution is 0.100. The Kier molecular flexibility index (Phi) is 5.78. The van der Waals surface area contributed by atoms with Crippen LogP contribution in [0.3, 0.4) is 0 Å². The Hall–Kier alpha value is -4.10. The molecule has 0 fully saturated rings. The summed E-state index contributed by atoms with van der Waals surface area (Å²) in [7, 11) is 0. The highest BCUT2D eigenvalue weighted by Gasteiger charge is 2.14. The normalized spacial score (nSPS) is 10.9. The van der Waals surface area contributed by atoms with Crippen molar-refractivity contribution in [1.29, 1.82) is 0 Å². The van der Waals surface area contributed by atoms with Crippen molar-refractivity contribution in [2.75, 3.05) is 5.32 Å². The number of amides is 1. The summed E-state index contributed by atoms with van der Waals surface area (Å²) in [6.45, 7) is 0.691. The number of hydrogen-bond donors (Lipinski definition) is 1. The first-order valence-corrected chi connectivity index (χ1v) is 10.8. The molecule has 1 N–H and O–H groups in total. The van der Waals surface area contributed by atoms with E-state index in [1.807, 2.05) is 24.4 Å². The number of nitrogens with zero attached hydrogens (tertiary/aromatic N) is 4. The van der Waals surface area contributed by atoms with Gasteiger partial charge in [0.1, 0.15) is 11.4 Å². The number of nitrogens with one attached hydrogen (secondary N) is 1. The van der Waals surface area contributed by atoms with Crippen LogP contribution in [0.5, 0.6) is 5.75 Å². The standard InChI is InChI=1S/C25H20ClN5O2/c26-20-8-10-21(11-9-20)33-17-31-23(12-14-27-31)25(32)28-24-13-15-30(29-24)16-19-6-3-5-18-4-1-2-7-22(18)19/h1-15H,16-17H2,(H,28,29,32). The number of halogens is 1. The van der Waals surface area contributed by atoms with Crippen molar-refractivity contribution in [2.45, 2.75) is 13.3 Å². The number of carbonyl (C=O) groups is 1. The van der Waals surface area contributed by atoms with E-state index in [2.05, 4.69) is 39.8 Å². The Morgan fingerprint density at radius 3 is 2.67 bits per heavy atom. The summed E-state index contributed by atoms with van der Waals surface area (Å²) in [5.74, 6) is 0.780. The number of aromatic nitrogens is 4. The lowest BCUT2D eigenvalue weighted by Gasteiger charge is -2.09. The maximum atomic E-state index is 12.8. The third-order valence-electron chi connectivity index (χ3n) is 5.21. The van der Waals surface area contributed by atoms with E-state index in [0.29, 0.717) is 28.8 Å². The van der Waals surface area contributed by atoms with Crippen molar-refractivity contribution in [3.8, 4) is 5.75 Å². The first-order chi connectivity index (χ1) is 16.2. The highest BCUT2D eigenvalue weighted by Crippen LogP contribution is 2.20. The topological polar surface area (TPSA) is 74.0 Å². The van der Waals surface area contributed by atoms with Crippen LogP contribution >= 0.6 is 11.6 Å². The van der Waals surface area contributed by atoms with Gasteiger partial charge in [-0.2, -0.15) is 10.2 Å². The minimum absolute atomic E-state index is 0.0902. The van der Waals surface area contributed by atoms with E-state index in [4.69, 9.17) is 16.3 Å². The van der Waals surface area contributed by atoms with Crippen LogP contribution in [0.2, 0.25) is 5.02 Å². The quantitative estimate of drug-likeness (QED) is 0.363. The molecule has 0 aliphatic carbocycles. The predicted octanol–water partition coefficient (Wildman–Crippen LogP) is 5.22. The molecular formula is C25H20ClN5O2. The molecule has 0 aliphatic rings. The average molecular weight is 458 g/mol. The van der Waals surface area contributed by atoms with Crippen molar-refractivity contribution in [3.63, 3.8) is 0 Å². The minimum atomic E-state index is -0.317. The minimum Gasteiger partial charge on any atom is -0.471 e. The van der Waals surface area contributed by atoms with E-state index in [1.54, 1.807) is 47.3 Å². The molecule has 0 bridgehead atoms. The van der Waals surface area contributed by atoms with Gasteiger partial charge in [0.15, 0.2) is 12.5 Å². The zero-order chi connectivity index (χ0) is 22.6. The van der Waals surface area contributed by atoms with Crippen LogP contribution in [0.4, 0.5) is 5.82 Å². The molecule has 2 heterocycles. The second kappa shape index (κ2) is 9.18. The van der Waals surface area contributed by atoms with Gasteiger partial charge in [0.2, 0.25) is 0 Å². The van der Waals surface area contributed by atoms with Gasteiger partial charge in [-0.1, -0.05) is 54.1 Å². The van der Waals surface area contributed by atoms with E-state index in [-0.39, 0.29) is 12.6 Å². The molecule has 3 aromatic carbocycles. The average Bonchev–Trinajstić information content (AvgIpc) is 3.48. The van der Waals surface area contributed by atoms with Gasteiger partial charge >= 0.3 is 0 Å². The van der Waals surface area contributed by atoms with E-state index in [0.717, 1.165) is 5.56 Å². The number of rotatable bonds is 7. The Balaban J connectivity index is 1.25. The largest absolute Gasteiger partial charge is 0.471 e. The van der Waals surface area contributed by atoms with Crippen molar-refractivity contribution in [1.82, 2.24) is 19.6 Å². The molecule has 0 unspecified atom stereocenters. The Bertz CT molecular complexity index is 1400. The third-order valence-corrected chi connectivity index (χ3v) is 5.46. The van der Waals surface area contributed by atoms with E-state index in [9.17, 15) is 4.79 Å². The number of ether oxygens (including phenoxy) is 1. The van der Waals surface area contributed by atoms with Gasteiger partial charge in [0.25, 0.3) is 5.91 Å². The molecule has 1 amide bonds. The first kappa shape index (κ1) is 20.8. The zero-order valence-corrected chi connectivity index (χ0v) is 18.3. The monoisotopic (exact) mass is 457 g/mol. The fourth-order valence-electron chi connectivity index (χ4n) is 3.60. The van der Waals surface area contributed by atoms with Crippen molar-refractivity contribution in [2.24, 2.45) is 0 Å². The Labute approximate surface area is 195 Å². The number of hydrogen-bond acceptors (Lipinski definition) is 4. The second-order valence-electron chi connectivity index (χ2n) is 7.43. The summed E-state index contributed by atoms with van der Waals surface area (Å²) in [5, 5.41) is 14.5. The Morgan fingerprint density at radius 2 is 1.79 bits per heavy atom. The van der Waals surface area contributed by atoms with Crippen LogP contribution in [0.15, 0.2) is 91.3 Å². The van der Waals surface area contributed by atoms with Gasteiger partial charge in [0, 0.05) is 23.5 Å². The molecule has 0 saturated heterocycles. The summed E-state index contributed by atoms with van der Waals surface area (Å²) in [4.78, 5) is 12.8. The van der Waals surface area contributed by atoms with Crippen LogP contribution < -0.4 is 10.1 Å². The van der Waals surface area contributed by atoms with Crippen LogP contribution in [0.25, 0.3) is 10.8 Å². The first-order valence-electron chi connectivity index (χ1n) is 10.4. The van der Waals surface area contributed by atoms with Gasteiger partial charge in [-0.05, 0) is 46.7 Å². The van der Waals surface area contributed by atoms with Gasteiger partial charge in [-0.15, -0.1) is 0 Å². The zero-order valence-electron chi connectivity index (χ0n) is 17.6. The number of benzene rings is 3. The number of fused-ring (bicyclic) bond motifs is 1. The summed E-state index contributed by atoms with van der Waals surface area (Å²) in [6.07, 6.45) is 3.40. The molecule has 0 atom stereocenters. The molecule has 0 saturated carbocycles. The fourth-order valence-corrected chi connectivity index (χ4v) is 3.72. The van der Waals surface area contributed by atoms with Gasteiger partial charge < -0.3 is 10.1 Å². The molecule has 0 radical (unpaired) electrons. The van der Waals surface area contributed by atoms with Crippen LogP contribution in [0, 0.1) is 0 Å². The highest BCUT2D eigenvalue weighted by molar-refractivity contribution is 6.30. The van der Waals surface area contributed by atoms with Crippen molar-refractivity contribution in [3.05, 3.63) is 108 Å². The SMILES string of the molecule is O=C(Nc1ccn(Cc2cccc3ccccc23)n1)c1ccnn1COc1ccc(Cl)cc1.